The van der Waals surface area contributed by atoms with E-state index in [1.165, 1.54) is 0 Å². The van der Waals surface area contributed by atoms with Gasteiger partial charge in [-0.3, -0.25) is 9.59 Å². The number of carbonyl (C=O) groups excluding carboxylic acids is 2. The van der Waals surface area contributed by atoms with Crippen LogP contribution >= 0.6 is 23.4 Å². The van der Waals surface area contributed by atoms with Gasteiger partial charge in [-0.05, 0) is 57.4 Å². The van der Waals surface area contributed by atoms with Crippen LogP contribution in [0.4, 0.5) is 0 Å². The molecule has 0 aromatic heterocycles. The van der Waals surface area contributed by atoms with Gasteiger partial charge in [-0.25, -0.2) is 0 Å². The number of thioether (sulfide) groups is 1. The molecule has 2 rings (SSSR count). The van der Waals surface area contributed by atoms with Crippen molar-refractivity contribution in [1.82, 2.24) is 10.2 Å². The first kappa shape index (κ1) is 24.3. The van der Waals surface area contributed by atoms with Crippen molar-refractivity contribution in [2.75, 3.05) is 12.3 Å². The highest BCUT2D eigenvalue weighted by Crippen LogP contribution is 2.17. The van der Waals surface area contributed by atoms with Gasteiger partial charge in [-0.2, -0.15) is 0 Å². The molecule has 162 valence electrons. The topological polar surface area (TPSA) is 49.4 Å². The third-order valence-corrected chi connectivity index (χ3v) is 5.80. The second kappa shape index (κ2) is 11.4. The Morgan fingerprint density at radius 2 is 1.67 bits per heavy atom. The summed E-state index contributed by atoms with van der Waals surface area (Å²) < 4.78 is 0. The third-order valence-electron chi connectivity index (χ3n) is 4.56. The molecule has 6 heteroatoms. The van der Waals surface area contributed by atoms with Crippen LogP contribution in [0.25, 0.3) is 0 Å². The van der Waals surface area contributed by atoms with E-state index < -0.39 is 6.04 Å². The van der Waals surface area contributed by atoms with Gasteiger partial charge in [-0.15, -0.1) is 11.8 Å². The maximum Gasteiger partial charge on any atom is 0.242 e. The summed E-state index contributed by atoms with van der Waals surface area (Å²) in [6.07, 6.45) is 0.710. The molecule has 2 aromatic carbocycles. The van der Waals surface area contributed by atoms with Crippen LogP contribution < -0.4 is 5.32 Å². The zero-order chi connectivity index (χ0) is 22.1. The molecule has 0 saturated carbocycles. The molecule has 0 heterocycles. The van der Waals surface area contributed by atoms with Crippen molar-refractivity contribution in [2.24, 2.45) is 0 Å². The molecule has 0 spiro atoms. The minimum Gasteiger partial charge on any atom is -0.350 e. The molecule has 1 N–H and O–H groups in total. The van der Waals surface area contributed by atoms with Crippen LogP contribution in [0.2, 0.25) is 5.02 Å². The fourth-order valence-electron chi connectivity index (χ4n) is 2.96. The van der Waals surface area contributed by atoms with E-state index in [4.69, 9.17) is 11.6 Å². The van der Waals surface area contributed by atoms with Crippen LogP contribution in [0.3, 0.4) is 0 Å². The van der Waals surface area contributed by atoms with Crippen molar-refractivity contribution in [1.29, 1.82) is 0 Å². The van der Waals surface area contributed by atoms with Crippen molar-refractivity contribution < 1.29 is 9.59 Å². The van der Waals surface area contributed by atoms with E-state index in [-0.39, 0.29) is 17.4 Å². The highest BCUT2D eigenvalue weighted by atomic mass is 35.5. The molecule has 0 bridgehead atoms. The lowest BCUT2D eigenvalue weighted by atomic mass is 10.1. The Labute approximate surface area is 189 Å². The number of halogens is 1. The van der Waals surface area contributed by atoms with Crippen LogP contribution in [0.15, 0.2) is 54.6 Å². The van der Waals surface area contributed by atoms with Gasteiger partial charge in [0.15, 0.2) is 0 Å². The SMILES string of the molecule is C[C@@H](C(=O)NC(C)(C)C)N(CCc1ccccc1)C(=O)CSCc1ccc(Cl)cc1. The van der Waals surface area contributed by atoms with Gasteiger partial charge in [0.25, 0.3) is 0 Å². The molecule has 0 radical (unpaired) electrons. The summed E-state index contributed by atoms with van der Waals surface area (Å²) >= 11 is 7.47. The molecular formula is C24H31ClN2O2S. The lowest BCUT2D eigenvalue weighted by molar-refractivity contribution is -0.138. The van der Waals surface area contributed by atoms with E-state index in [0.717, 1.165) is 16.9 Å². The number of amides is 2. The first-order valence-corrected chi connectivity index (χ1v) is 11.7. The number of benzene rings is 2. The summed E-state index contributed by atoms with van der Waals surface area (Å²) in [5.74, 6) is 0.885. The number of carbonyl (C=O) groups is 2. The Balaban J connectivity index is 2.01. The van der Waals surface area contributed by atoms with Crippen molar-refractivity contribution >= 4 is 35.2 Å². The molecule has 4 nitrogen and oxygen atoms in total. The quantitative estimate of drug-likeness (QED) is 0.593. The Kier molecular flexibility index (Phi) is 9.25. The van der Waals surface area contributed by atoms with Crippen LogP contribution in [0, 0.1) is 0 Å². The van der Waals surface area contributed by atoms with Gasteiger partial charge in [0.1, 0.15) is 6.04 Å². The summed E-state index contributed by atoms with van der Waals surface area (Å²) in [4.78, 5) is 27.4. The predicted octanol–water partition coefficient (Wildman–Crippen LogP) is 4.95. The summed E-state index contributed by atoms with van der Waals surface area (Å²) in [5, 5.41) is 3.69. The second-order valence-corrected chi connectivity index (χ2v) is 9.78. The smallest absolute Gasteiger partial charge is 0.242 e. The third kappa shape index (κ3) is 8.41. The lowest BCUT2D eigenvalue weighted by Gasteiger charge is -2.31. The monoisotopic (exact) mass is 446 g/mol. The predicted molar refractivity (Wildman–Crippen MR) is 127 cm³/mol. The highest BCUT2D eigenvalue weighted by Gasteiger charge is 2.27. The first-order valence-electron chi connectivity index (χ1n) is 10.1. The number of nitrogens with one attached hydrogen (secondary N) is 1. The number of rotatable bonds is 9. The molecule has 0 saturated heterocycles. The summed E-state index contributed by atoms with van der Waals surface area (Å²) in [6, 6.07) is 17.1. The Morgan fingerprint density at radius 1 is 1.03 bits per heavy atom. The molecule has 1 atom stereocenters. The average molecular weight is 447 g/mol. The fraction of sp³-hybridized carbons (Fsp3) is 0.417. The molecule has 0 fully saturated rings. The van der Waals surface area contributed by atoms with Gasteiger partial charge in [0, 0.05) is 22.9 Å². The van der Waals surface area contributed by atoms with Crippen LogP contribution in [0.1, 0.15) is 38.8 Å². The number of hydrogen-bond acceptors (Lipinski definition) is 3. The fourth-order valence-corrected chi connectivity index (χ4v) is 3.96. The molecular weight excluding hydrogens is 416 g/mol. The second-order valence-electron chi connectivity index (χ2n) is 8.36. The van der Waals surface area contributed by atoms with E-state index in [1.54, 1.807) is 23.6 Å². The van der Waals surface area contributed by atoms with E-state index in [1.807, 2.05) is 75.4 Å². The molecule has 30 heavy (non-hydrogen) atoms. The van der Waals surface area contributed by atoms with Crippen molar-refractivity contribution in [3.8, 4) is 0 Å². The number of nitrogens with zero attached hydrogens (tertiary/aromatic N) is 1. The van der Waals surface area contributed by atoms with Crippen LogP contribution in [-0.4, -0.2) is 40.6 Å². The van der Waals surface area contributed by atoms with Gasteiger partial charge >= 0.3 is 0 Å². The van der Waals surface area contributed by atoms with Crippen molar-refractivity contribution in [3.63, 3.8) is 0 Å². The van der Waals surface area contributed by atoms with Gasteiger partial charge in [0.05, 0.1) is 5.75 Å². The molecule has 0 aliphatic rings. The van der Waals surface area contributed by atoms with Crippen LogP contribution in [-0.2, 0) is 21.8 Å². The normalized spacial score (nSPS) is 12.3. The Bertz CT molecular complexity index is 819. The Morgan fingerprint density at radius 3 is 2.27 bits per heavy atom. The summed E-state index contributed by atoms with van der Waals surface area (Å²) in [6.45, 7) is 8.12. The zero-order valence-corrected chi connectivity index (χ0v) is 19.7. The largest absolute Gasteiger partial charge is 0.350 e. The molecule has 0 unspecified atom stereocenters. The number of hydrogen-bond donors (Lipinski definition) is 1. The van der Waals surface area contributed by atoms with E-state index >= 15 is 0 Å². The van der Waals surface area contributed by atoms with Gasteiger partial charge < -0.3 is 10.2 Å². The van der Waals surface area contributed by atoms with E-state index in [9.17, 15) is 9.59 Å². The average Bonchev–Trinajstić information content (AvgIpc) is 2.69. The first-order chi connectivity index (χ1) is 14.2. The Hall–Kier alpha value is -1.98. The maximum atomic E-state index is 13.0. The zero-order valence-electron chi connectivity index (χ0n) is 18.2. The minimum absolute atomic E-state index is 0.0264. The van der Waals surface area contributed by atoms with Gasteiger partial charge in [0.2, 0.25) is 11.8 Å². The summed E-state index contributed by atoms with van der Waals surface area (Å²) in [7, 11) is 0. The summed E-state index contributed by atoms with van der Waals surface area (Å²) in [5.41, 5.74) is 1.92. The minimum atomic E-state index is -0.531. The molecule has 2 aromatic rings. The van der Waals surface area contributed by atoms with E-state index in [0.29, 0.717) is 23.7 Å². The highest BCUT2D eigenvalue weighted by molar-refractivity contribution is 7.99. The van der Waals surface area contributed by atoms with Crippen LogP contribution in [0.5, 0.6) is 0 Å². The lowest BCUT2D eigenvalue weighted by Crippen LogP contribution is -2.53. The molecule has 0 aliphatic carbocycles. The van der Waals surface area contributed by atoms with E-state index in [2.05, 4.69) is 5.32 Å². The molecule has 2 amide bonds. The van der Waals surface area contributed by atoms with Crippen molar-refractivity contribution in [2.45, 2.75) is 51.4 Å². The van der Waals surface area contributed by atoms with Gasteiger partial charge in [-0.1, -0.05) is 54.1 Å². The van der Waals surface area contributed by atoms with Crippen molar-refractivity contribution in [3.05, 3.63) is 70.7 Å². The molecule has 0 aliphatic heterocycles. The maximum absolute atomic E-state index is 13.0. The standard InChI is InChI=1S/C24H31ClN2O2S/c1-18(23(29)26-24(2,3)4)27(15-14-19-8-6-5-7-9-19)22(28)17-30-16-20-10-12-21(25)13-11-20/h5-13,18H,14-17H2,1-4H3,(H,26,29)/t18-/m0/s1.